The van der Waals surface area contributed by atoms with Gasteiger partial charge in [-0.25, -0.2) is 0 Å². The van der Waals surface area contributed by atoms with Crippen LogP contribution in [-0.4, -0.2) is 32.3 Å². The number of carboxylic acid groups (broad SMARTS) is 1. The van der Waals surface area contributed by atoms with Crippen LogP contribution in [0.25, 0.3) is 0 Å². The van der Waals surface area contributed by atoms with E-state index in [1.165, 1.54) is 0 Å². The molecule has 2 atom stereocenters. The summed E-state index contributed by atoms with van der Waals surface area (Å²) in [6.45, 7) is 5.88. The number of aromatic nitrogens is 2. The van der Waals surface area contributed by atoms with Crippen LogP contribution in [0.4, 0.5) is 0 Å². The van der Waals surface area contributed by atoms with E-state index in [0.717, 1.165) is 18.5 Å². The largest absolute Gasteiger partial charge is 0.481 e. The molecule has 1 saturated carbocycles. The minimum absolute atomic E-state index is 0.241. The molecule has 0 saturated heterocycles. The summed E-state index contributed by atoms with van der Waals surface area (Å²) in [6, 6.07) is 1.78. The Labute approximate surface area is 130 Å². The number of rotatable bonds is 4. The minimum atomic E-state index is -0.838. The maximum atomic E-state index is 12.6. The lowest BCUT2D eigenvalue weighted by Crippen LogP contribution is -2.55. The average Bonchev–Trinajstić information content (AvgIpc) is 2.80. The van der Waals surface area contributed by atoms with Gasteiger partial charge in [0, 0.05) is 7.05 Å². The van der Waals surface area contributed by atoms with Gasteiger partial charge in [0.15, 0.2) is 0 Å². The van der Waals surface area contributed by atoms with Gasteiger partial charge in [0.1, 0.15) is 5.69 Å². The van der Waals surface area contributed by atoms with Gasteiger partial charge in [-0.05, 0) is 31.7 Å². The Morgan fingerprint density at radius 2 is 2.14 bits per heavy atom. The molecule has 2 rings (SSSR count). The highest BCUT2D eigenvalue weighted by atomic mass is 16.4. The van der Waals surface area contributed by atoms with E-state index in [-0.39, 0.29) is 11.8 Å². The van der Waals surface area contributed by atoms with Crippen LogP contribution in [0.1, 0.15) is 68.6 Å². The van der Waals surface area contributed by atoms with Crippen LogP contribution in [0.3, 0.4) is 0 Å². The number of hydrogen-bond acceptors (Lipinski definition) is 3. The topological polar surface area (TPSA) is 84.2 Å². The summed E-state index contributed by atoms with van der Waals surface area (Å²) in [6.07, 6.45) is 3.12. The predicted octanol–water partition coefficient (Wildman–Crippen LogP) is 2.31. The van der Waals surface area contributed by atoms with Gasteiger partial charge in [0.05, 0.1) is 17.2 Å². The Morgan fingerprint density at radius 1 is 1.45 bits per heavy atom. The van der Waals surface area contributed by atoms with Crippen molar-refractivity contribution < 1.29 is 14.7 Å². The highest BCUT2D eigenvalue weighted by Gasteiger charge is 2.42. The number of carboxylic acids is 1. The van der Waals surface area contributed by atoms with Crippen molar-refractivity contribution in [2.45, 2.75) is 57.9 Å². The first-order valence-corrected chi connectivity index (χ1v) is 7.84. The van der Waals surface area contributed by atoms with E-state index in [2.05, 4.69) is 10.4 Å². The predicted molar refractivity (Wildman–Crippen MR) is 82.8 cm³/mol. The molecule has 1 aromatic rings. The smallest absolute Gasteiger partial charge is 0.308 e. The van der Waals surface area contributed by atoms with E-state index in [1.54, 1.807) is 17.8 Å². The van der Waals surface area contributed by atoms with E-state index in [0.29, 0.717) is 18.5 Å². The van der Waals surface area contributed by atoms with Crippen LogP contribution in [0.2, 0.25) is 0 Å². The van der Waals surface area contributed by atoms with Gasteiger partial charge in [-0.1, -0.05) is 26.7 Å². The number of nitrogens with zero attached hydrogens (tertiary/aromatic N) is 2. The van der Waals surface area contributed by atoms with E-state index in [4.69, 9.17) is 0 Å². The Bertz CT molecular complexity index is 579. The van der Waals surface area contributed by atoms with Gasteiger partial charge in [-0.2, -0.15) is 5.10 Å². The molecule has 1 aliphatic rings. The first kappa shape index (κ1) is 16.5. The van der Waals surface area contributed by atoms with Gasteiger partial charge in [-0.3, -0.25) is 14.3 Å². The lowest BCUT2D eigenvalue weighted by Gasteiger charge is -2.39. The number of hydrogen-bond donors (Lipinski definition) is 2. The third-order valence-corrected chi connectivity index (χ3v) is 4.63. The molecular formula is C16H25N3O3. The fourth-order valence-corrected chi connectivity index (χ4v) is 3.19. The molecule has 2 unspecified atom stereocenters. The summed E-state index contributed by atoms with van der Waals surface area (Å²) in [5.74, 6) is -1.39. The number of aryl methyl sites for hydroxylation is 1. The maximum absolute atomic E-state index is 12.6. The minimum Gasteiger partial charge on any atom is -0.481 e. The van der Waals surface area contributed by atoms with Crippen LogP contribution in [-0.2, 0) is 11.8 Å². The molecule has 0 aromatic carbocycles. The fourth-order valence-electron chi connectivity index (χ4n) is 3.19. The zero-order valence-electron chi connectivity index (χ0n) is 13.7. The SMILES string of the molecule is CC(C)c1cc(C(=O)NC2(C)CCCCC2C(=O)O)n(C)n1. The Kier molecular flexibility index (Phi) is 4.58. The molecule has 0 radical (unpaired) electrons. The molecule has 122 valence electrons. The first-order chi connectivity index (χ1) is 10.2. The van der Waals surface area contributed by atoms with Crippen molar-refractivity contribution in [3.05, 3.63) is 17.5 Å². The lowest BCUT2D eigenvalue weighted by atomic mass is 9.74. The zero-order valence-corrected chi connectivity index (χ0v) is 13.7. The van der Waals surface area contributed by atoms with Crippen molar-refractivity contribution in [1.29, 1.82) is 0 Å². The van der Waals surface area contributed by atoms with E-state index < -0.39 is 17.4 Å². The number of amides is 1. The quantitative estimate of drug-likeness (QED) is 0.894. The molecule has 2 N–H and O–H groups in total. The number of aliphatic carboxylic acids is 1. The Hall–Kier alpha value is -1.85. The molecule has 1 amide bonds. The summed E-state index contributed by atoms with van der Waals surface area (Å²) in [4.78, 5) is 24.1. The van der Waals surface area contributed by atoms with Crippen LogP contribution >= 0.6 is 0 Å². The molecule has 0 spiro atoms. The molecular weight excluding hydrogens is 282 g/mol. The number of carbonyl (C=O) groups excluding carboxylic acids is 1. The first-order valence-electron chi connectivity index (χ1n) is 7.84. The molecule has 1 aliphatic carbocycles. The van der Waals surface area contributed by atoms with Gasteiger partial charge >= 0.3 is 5.97 Å². The van der Waals surface area contributed by atoms with E-state index in [1.807, 2.05) is 20.8 Å². The van der Waals surface area contributed by atoms with Crippen molar-refractivity contribution in [1.82, 2.24) is 15.1 Å². The Balaban J connectivity index is 2.21. The summed E-state index contributed by atoms with van der Waals surface area (Å²) in [5.41, 5.74) is 0.625. The molecule has 0 aliphatic heterocycles. The van der Waals surface area contributed by atoms with Crippen LogP contribution in [0, 0.1) is 5.92 Å². The van der Waals surface area contributed by atoms with Crippen LogP contribution < -0.4 is 5.32 Å². The fraction of sp³-hybridized carbons (Fsp3) is 0.688. The summed E-state index contributed by atoms with van der Waals surface area (Å²) < 4.78 is 1.56. The summed E-state index contributed by atoms with van der Waals surface area (Å²) in [7, 11) is 1.73. The van der Waals surface area contributed by atoms with Gasteiger partial charge in [0.25, 0.3) is 5.91 Å². The van der Waals surface area contributed by atoms with Crippen molar-refractivity contribution in [3.8, 4) is 0 Å². The second kappa shape index (κ2) is 6.10. The van der Waals surface area contributed by atoms with E-state index in [9.17, 15) is 14.7 Å². The van der Waals surface area contributed by atoms with Gasteiger partial charge in [0.2, 0.25) is 0 Å². The second-order valence-corrected chi connectivity index (χ2v) is 6.74. The van der Waals surface area contributed by atoms with Crippen molar-refractivity contribution in [3.63, 3.8) is 0 Å². The number of carbonyl (C=O) groups is 2. The molecule has 22 heavy (non-hydrogen) atoms. The van der Waals surface area contributed by atoms with Gasteiger partial charge in [-0.15, -0.1) is 0 Å². The molecule has 1 aromatic heterocycles. The standard InChI is InChI=1S/C16H25N3O3/c1-10(2)12-9-13(19(4)18-12)14(20)17-16(3)8-6-5-7-11(16)15(21)22/h9-11H,5-8H2,1-4H3,(H,17,20)(H,21,22). The maximum Gasteiger partial charge on any atom is 0.308 e. The summed E-state index contributed by atoms with van der Waals surface area (Å²) >= 11 is 0. The van der Waals surface area contributed by atoms with Crippen LogP contribution in [0.5, 0.6) is 0 Å². The third-order valence-electron chi connectivity index (χ3n) is 4.63. The second-order valence-electron chi connectivity index (χ2n) is 6.74. The van der Waals surface area contributed by atoms with Crippen LogP contribution in [0.15, 0.2) is 6.07 Å². The summed E-state index contributed by atoms with van der Waals surface area (Å²) in [5, 5.41) is 16.7. The average molecular weight is 307 g/mol. The monoisotopic (exact) mass is 307 g/mol. The highest BCUT2D eigenvalue weighted by molar-refractivity contribution is 5.93. The highest BCUT2D eigenvalue weighted by Crippen LogP contribution is 2.34. The van der Waals surface area contributed by atoms with Crippen molar-refractivity contribution in [2.75, 3.05) is 0 Å². The lowest BCUT2D eigenvalue weighted by molar-refractivity contribution is -0.145. The van der Waals surface area contributed by atoms with E-state index >= 15 is 0 Å². The Morgan fingerprint density at radius 3 is 2.68 bits per heavy atom. The molecule has 0 bridgehead atoms. The third kappa shape index (κ3) is 3.15. The molecule has 6 nitrogen and oxygen atoms in total. The zero-order chi connectivity index (χ0) is 16.5. The van der Waals surface area contributed by atoms with Gasteiger partial charge < -0.3 is 10.4 Å². The molecule has 6 heteroatoms. The normalized spacial score (nSPS) is 25.2. The van der Waals surface area contributed by atoms with Crippen molar-refractivity contribution >= 4 is 11.9 Å². The number of nitrogens with one attached hydrogen (secondary N) is 1. The molecule has 1 heterocycles. The molecule has 1 fully saturated rings. The van der Waals surface area contributed by atoms with Crippen molar-refractivity contribution in [2.24, 2.45) is 13.0 Å².